The number of nitrogens with zero attached hydrogens (tertiary/aromatic N) is 3. The van der Waals surface area contributed by atoms with Crippen molar-refractivity contribution >= 4 is 60.5 Å². The Hall–Kier alpha value is -2.84. The molecule has 0 fully saturated rings. The van der Waals surface area contributed by atoms with E-state index in [2.05, 4.69) is 15.6 Å². The number of benzene rings is 2. The fraction of sp³-hybridized carbons (Fsp3) is 0.118. The lowest BCUT2D eigenvalue weighted by Crippen LogP contribution is -2.28. The number of hydrogen-bond acceptors (Lipinski definition) is 8. The molecule has 1 aliphatic rings. The lowest BCUT2D eigenvalue weighted by molar-refractivity contribution is -0.112. The zero-order valence-electron chi connectivity index (χ0n) is 15.9. The van der Waals surface area contributed by atoms with Gasteiger partial charge in [0.25, 0.3) is 20.2 Å². The number of rotatable bonds is 5. The first-order valence-electron chi connectivity index (χ1n) is 8.38. The monoisotopic (exact) mass is 486 g/mol. The van der Waals surface area contributed by atoms with Gasteiger partial charge in [-0.15, -0.1) is 0 Å². The minimum atomic E-state index is -4.61. The van der Waals surface area contributed by atoms with Crippen molar-refractivity contribution in [1.29, 1.82) is 0 Å². The number of carbonyl (C=O) groups excluding carboxylic acids is 1. The summed E-state index contributed by atoms with van der Waals surface area (Å²) in [5.41, 5.74) is 2.62. The van der Waals surface area contributed by atoms with Crippen LogP contribution < -0.4 is 10.4 Å². The summed E-state index contributed by atoms with van der Waals surface area (Å²) in [6.45, 7) is 3.00. The van der Waals surface area contributed by atoms with Crippen LogP contribution in [-0.2, 0) is 25.0 Å². The fourth-order valence-electron chi connectivity index (χ4n) is 2.65. The molecule has 0 aromatic heterocycles. The number of anilines is 2. The average molecular weight is 487 g/mol. The average Bonchev–Trinajstić information content (AvgIpc) is 2.95. The van der Waals surface area contributed by atoms with Crippen LogP contribution in [0.25, 0.3) is 0 Å². The molecule has 14 heteroatoms. The van der Waals surface area contributed by atoms with Crippen LogP contribution in [0.1, 0.15) is 12.5 Å². The maximum absolute atomic E-state index is 12.7. The normalized spacial score (nSPS) is 16.0. The summed E-state index contributed by atoms with van der Waals surface area (Å²) in [4.78, 5) is 11.8. The molecule has 0 aliphatic carbocycles. The van der Waals surface area contributed by atoms with E-state index in [1.807, 2.05) is 0 Å². The third-order valence-corrected chi connectivity index (χ3v) is 6.33. The molecule has 1 aliphatic heterocycles. The number of halogens is 1. The van der Waals surface area contributed by atoms with Gasteiger partial charge in [0.15, 0.2) is 5.71 Å². The molecule has 31 heavy (non-hydrogen) atoms. The quantitative estimate of drug-likeness (QED) is 0.427. The molecule has 2 aromatic carbocycles. The van der Waals surface area contributed by atoms with E-state index in [9.17, 15) is 30.7 Å². The molecule has 164 valence electrons. The number of hydrogen-bond donors (Lipinski definition) is 3. The van der Waals surface area contributed by atoms with Crippen molar-refractivity contribution in [3.05, 3.63) is 47.0 Å². The Kier molecular flexibility index (Phi) is 5.90. The van der Waals surface area contributed by atoms with Gasteiger partial charge in [-0.2, -0.15) is 32.0 Å². The molecule has 2 aromatic rings. The molecule has 0 spiro atoms. The maximum atomic E-state index is 12.7. The highest BCUT2D eigenvalue weighted by molar-refractivity contribution is 7.86. The van der Waals surface area contributed by atoms with E-state index in [0.717, 1.165) is 23.2 Å². The van der Waals surface area contributed by atoms with Gasteiger partial charge in [0.2, 0.25) is 0 Å². The highest BCUT2D eigenvalue weighted by atomic mass is 35.5. The Labute approximate surface area is 182 Å². The molecule has 0 radical (unpaired) electrons. The molecule has 0 saturated heterocycles. The molecular formula is C17H15ClN4O7S2. The molecule has 3 N–H and O–H groups in total. The van der Waals surface area contributed by atoms with Gasteiger partial charge < -0.3 is 0 Å². The minimum absolute atomic E-state index is 0.0571. The molecule has 3 rings (SSSR count). The van der Waals surface area contributed by atoms with E-state index in [1.54, 1.807) is 6.92 Å². The summed E-state index contributed by atoms with van der Waals surface area (Å²) < 4.78 is 64.6. The number of hydrazone groups is 2. The summed E-state index contributed by atoms with van der Waals surface area (Å²) in [7, 11) is -9.11. The zero-order chi connectivity index (χ0) is 23.1. The molecule has 1 amide bonds. The predicted octanol–water partition coefficient (Wildman–Crippen LogP) is 2.33. The smallest absolute Gasteiger partial charge is 0.282 e. The summed E-state index contributed by atoms with van der Waals surface area (Å²) >= 11 is 6.01. The lowest BCUT2D eigenvalue weighted by Gasteiger charge is -2.12. The third-order valence-electron chi connectivity index (χ3n) is 4.17. The van der Waals surface area contributed by atoms with Crippen LogP contribution in [0.2, 0.25) is 5.02 Å². The summed E-state index contributed by atoms with van der Waals surface area (Å²) in [6, 6.07) is 7.28. The van der Waals surface area contributed by atoms with Crippen molar-refractivity contribution in [2.24, 2.45) is 10.2 Å². The Morgan fingerprint density at radius 2 is 1.74 bits per heavy atom. The Morgan fingerprint density at radius 1 is 1.06 bits per heavy atom. The van der Waals surface area contributed by atoms with E-state index in [1.165, 1.54) is 25.1 Å². The Bertz CT molecular complexity index is 1370. The number of aryl methyl sites for hydroxylation is 1. The van der Waals surface area contributed by atoms with E-state index in [-0.39, 0.29) is 27.8 Å². The van der Waals surface area contributed by atoms with Gasteiger partial charge in [-0.05, 0) is 49.7 Å². The molecule has 0 saturated carbocycles. The van der Waals surface area contributed by atoms with Crippen LogP contribution in [0.5, 0.6) is 0 Å². The Morgan fingerprint density at radius 3 is 2.35 bits per heavy atom. The minimum Gasteiger partial charge on any atom is -0.282 e. The second kappa shape index (κ2) is 8.01. The first-order valence-corrected chi connectivity index (χ1v) is 11.6. The highest BCUT2D eigenvalue weighted by Gasteiger charge is 2.31. The zero-order valence-corrected chi connectivity index (χ0v) is 18.3. The SMILES string of the molecule is CC1=NN(c2cccc(S(=O)(=O)O)c2)C(=O)C1=NNc1cc(Cl)c(C)cc1S(=O)(=O)O. The first-order chi connectivity index (χ1) is 14.3. The lowest BCUT2D eigenvalue weighted by atomic mass is 10.2. The van der Waals surface area contributed by atoms with E-state index < -0.39 is 35.9 Å². The topological polar surface area (TPSA) is 166 Å². The summed E-state index contributed by atoms with van der Waals surface area (Å²) in [5, 5.41) is 8.98. The second-order valence-electron chi connectivity index (χ2n) is 6.42. The van der Waals surface area contributed by atoms with Crippen LogP contribution in [0.3, 0.4) is 0 Å². The molecule has 0 atom stereocenters. The van der Waals surface area contributed by atoms with Crippen molar-refractivity contribution in [1.82, 2.24) is 0 Å². The van der Waals surface area contributed by atoms with Crippen LogP contribution in [0.15, 0.2) is 56.4 Å². The van der Waals surface area contributed by atoms with Crippen LogP contribution in [0, 0.1) is 6.92 Å². The van der Waals surface area contributed by atoms with Gasteiger partial charge in [0, 0.05) is 5.02 Å². The predicted molar refractivity (Wildman–Crippen MR) is 114 cm³/mol. The van der Waals surface area contributed by atoms with Crippen molar-refractivity contribution < 1.29 is 30.7 Å². The van der Waals surface area contributed by atoms with Gasteiger partial charge in [0.05, 0.1) is 22.0 Å². The summed E-state index contributed by atoms with van der Waals surface area (Å²) in [6.07, 6.45) is 0. The second-order valence-corrected chi connectivity index (χ2v) is 9.64. The number of amides is 1. The van der Waals surface area contributed by atoms with Crippen molar-refractivity contribution in [3.63, 3.8) is 0 Å². The largest absolute Gasteiger partial charge is 0.301 e. The third kappa shape index (κ3) is 4.75. The van der Waals surface area contributed by atoms with Crippen molar-refractivity contribution in [2.45, 2.75) is 23.6 Å². The Balaban J connectivity index is 1.96. The van der Waals surface area contributed by atoms with Gasteiger partial charge in [-0.3, -0.25) is 19.3 Å². The van der Waals surface area contributed by atoms with Crippen LogP contribution >= 0.6 is 11.6 Å². The van der Waals surface area contributed by atoms with Crippen molar-refractivity contribution in [3.8, 4) is 0 Å². The van der Waals surface area contributed by atoms with E-state index >= 15 is 0 Å². The van der Waals surface area contributed by atoms with Crippen LogP contribution in [-0.4, -0.2) is 43.3 Å². The van der Waals surface area contributed by atoms with E-state index in [4.69, 9.17) is 11.6 Å². The standard InChI is InChI=1S/C17H15ClN4O7S2/c1-9-6-15(31(27,28)29)14(8-13(9)18)19-20-16-10(2)21-22(17(16)23)11-4-3-5-12(7-11)30(24,25)26/h3-8,19H,1-2H3,(H,24,25,26)(H,27,28,29). The molecule has 11 nitrogen and oxygen atoms in total. The molecular weight excluding hydrogens is 472 g/mol. The van der Waals surface area contributed by atoms with Crippen molar-refractivity contribution in [2.75, 3.05) is 10.4 Å². The number of nitrogens with one attached hydrogen (secondary N) is 1. The summed E-state index contributed by atoms with van der Waals surface area (Å²) in [5.74, 6) is -0.746. The van der Waals surface area contributed by atoms with Crippen LogP contribution in [0.4, 0.5) is 11.4 Å². The van der Waals surface area contributed by atoms with Gasteiger partial charge in [-0.25, -0.2) is 0 Å². The van der Waals surface area contributed by atoms with E-state index in [0.29, 0.717) is 5.56 Å². The number of carbonyl (C=O) groups is 1. The first kappa shape index (κ1) is 22.8. The molecule has 0 bridgehead atoms. The fourth-order valence-corrected chi connectivity index (χ4v) is 4.04. The van der Waals surface area contributed by atoms with Gasteiger partial charge in [0.1, 0.15) is 4.90 Å². The van der Waals surface area contributed by atoms with Gasteiger partial charge in [-0.1, -0.05) is 17.7 Å². The molecule has 0 unspecified atom stereocenters. The highest BCUT2D eigenvalue weighted by Crippen LogP contribution is 2.29. The maximum Gasteiger partial charge on any atom is 0.301 e. The molecule has 1 heterocycles. The van der Waals surface area contributed by atoms with Gasteiger partial charge >= 0.3 is 5.91 Å².